The molecule has 0 spiro atoms. The van der Waals surface area contributed by atoms with Gasteiger partial charge in [0.1, 0.15) is 23.4 Å². The molecule has 0 aromatic heterocycles. The highest BCUT2D eigenvalue weighted by Crippen LogP contribution is 2.25. The van der Waals surface area contributed by atoms with Crippen molar-refractivity contribution in [2.75, 3.05) is 12.4 Å². The summed E-state index contributed by atoms with van der Waals surface area (Å²) < 4.78 is 5.21. The maximum Gasteiger partial charge on any atom is 0.408 e. The van der Waals surface area contributed by atoms with Crippen molar-refractivity contribution in [1.29, 1.82) is 0 Å². The van der Waals surface area contributed by atoms with Crippen LogP contribution < -0.4 is 10.6 Å². The molecule has 172 valence electrons. The molecule has 0 aliphatic carbocycles. The fraction of sp³-hybridized carbons (Fsp3) is 0.375. The van der Waals surface area contributed by atoms with Gasteiger partial charge in [-0.25, -0.2) is 4.79 Å². The molecule has 32 heavy (non-hydrogen) atoms. The van der Waals surface area contributed by atoms with Crippen LogP contribution in [0.15, 0.2) is 48.5 Å². The number of para-hydroxylation sites is 1. The average molecular weight is 442 g/mol. The van der Waals surface area contributed by atoms with Crippen LogP contribution in [-0.2, 0) is 14.3 Å². The lowest BCUT2D eigenvalue weighted by Gasteiger charge is -2.30. The number of carbonyl (C=O) groups is 3. The molecule has 0 heterocycles. The van der Waals surface area contributed by atoms with Gasteiger partial charge in [0.2, 0.25) is 5.91 Å². The number of likely N-dealkylation sites (N-methyl/N-ethyl adjacent to an activating group) is 1. The van der Waals surface area contributed by atoms with Crippen molar-refractivity contribution in [3.05, 3.63) is 59.7 Å². The van der Waals surface area contributed by atoms with Crippen molar-refractivity contribution in [1.82, 2.24) is 10.2 Å². The first-order chi connectivity index (χ1) is 14.9. The first-order valence-electron chi connectivity index (χ1n) is 10.3. The molecular weight excluding hydrogens is 410 g/mol. The summed E-state index contributed by atoms with van der Waals surface area (Å²) in [7, 11) is 1.49. The van der Waals surface area contributed by atoms with E-state index in [0.717, 1.165) is 5.56 Å². The predicted molar refractivity (Wildman–Crippen MR) is 122 cm³/mol. The number of hydrogen-bond donors (Lipinski definition) is 3. The SMILES string of the molecule is Cc1ccccc1NC(=O)C(c1ccc(O)cc1)N(C)C(=O)C(C)NC(=O)OC(C)(C)C. The summed E-state index contributed by atoms with van der Waals surface area (Å²) in [5.74, 6) is -0.861. The second-order valence-corrected chi connectivity index (χ2v) is 8.62. The van der Waals surface area contributed by atoms with E-state index in [1.165, 1.54) is 31.0 Å². The van der Waals surface area contributed by atoms with Crippen LogP contribution in [0.4, 0.5) is 10.5 Å². The largest absolute Gasteiger partial charge is 0.508 e. The minimum absolute atomic E-state index is 0.0424. The Morgan fingerprint density at radius 2 is 1.62 bits per heavy atom. The van der Waals surface area contributed by atoms with E-state index in [-0.39, 0.29) is 5.75 Å². The average Bonchev–Trinajstić information content (AvgIpc) is 2.69. The zero-order chi connectivity index (χ0) is 24.1. The summed E-state index contributed by atoms with van der Waals surface area (Å²) in [4.78, 5) is 39.7. The zero-order valence-electron chi connectivity index (χ0n) is 19.3. The normalized spacial score (nSPS) is 12.9. The smallest absolute Gasteiger partial charge is 0.408 e. The zero-order valence-corrected chi connectivity index (χ0v) is 19.3. The summed E-state index contributed by atoms with van der Waals surface area (Å²) in [6.45, 7) is 8.56. The number of benzene rings is 2. The van der Waals surface area contributed by atoms with Crippen LogP contribution in [0.3, 0.4) is 0 Å². The lowest BCUT2D eigenvalue weighted by Crippen LogP contribution is -2.49. The molecule has 2 aromatic rings. The molecule has 0 aliphatic rings. The molecular formula is C24H31N3O5. The van der Waals surface area contributed by atoms with E-state index in [1.807, 2.05) is 19.1 Å². The Balaban J connectivity index is 2.27. The van der Waals surface area contributed by atoms with Gasteiger partial charge in [-0.3, -0.25) is 9.59 Å². The van der Waals surface area contributed by atoms with Gasteiger partial charge in [0.25, 0.3) is 5.91 Å². The van der Waals surface area contributed by atoms with Crippen molar-refractivity contribution in [2.45, 2.75) is 52.3 Å². The summed E-state index contributed by atoms with van der Waals surface area (Å²) >= 11 is 0. The molecule has 0 fully saturated rings. The van der Waals surface area contributed by atoms with E-state index in [0.29, 0.717) is 11.3 Å². The molecule has 8 heteroatoms. The van der Waals surface area contributed by atoms with Crippen molar-refractivity contribution < 1.29 is 24.2 Å². The number of nitrogens with one attached hydrogen (secondary N) is 2. The Kier molecular flexibility index (Phi) is 7.86. The van der Waals surface area contributed by atoms with Crippen LogP contribution in [0.1, 0.15) is 44.9 Å². The van der Waals surface area contributed by atoms with E-state index in [9.17, 15) is 19.5 Å². The third-order valence-corrected chi connectivity index (χ3v) is 4.70. The van der Waals surface area contributed by atoms with Crippen molar-refractivity contribution in [2.24, 2.45) is 0 Å². The van der Waals surface area contributed by atoms with Gasteiger partial charge in [0.15, 0.2) is 0 Å². The van der Waals surface area contributed by atoms with Crippen LogP contribution in [0.25, 0.3) is 0 Å². The second kappa shape index (κ2) is 10.2. The fourth-order valence-electron chi connectivity index (χ4n) is 3.10. The molecule has 0 radical (unpaired) electrons. The van der Waals surface area contributed by atoms with Crippen molar-refractivity contribution >= 4 is 23.6 Å². The molecule has 0 bridgehead atoms. The molecule has 2 aromatic carbocycles. The van der Waals surface area contributed by atoms with E-state index in [1.54, 1.807) is 45.0 Å². The molecule has 0 saturated heterocycles. The lowest BCUT2D eigenvalue weighted by molar-refractivity contribution is -0.138. The second-order valence-electron chi connectivity index (χ2n) is 8.62. The van der Waals surface area contributed by atoms with E-state index < -0.39 is 35.6 Å². The molecule has 2 rings (SSSR count). The molecule has 0 saturated carbocycles. The van der Waals surface area contributed by atoms with Crippen LogP contribution in [-0.4, -0.2) is 46.6 Å². The van der Waals surface area contributed by atoms with Gasteiger partial charge in [-0.05, 0) is 63.9 Å². The number of ether oxygens (including phenoxy) is 1. The summed E-state index contributed by atoms with van der Waals surface area (Å²) in [6.07, 6.45) is -0.725. The first-order valence-corrected chi connectivity index (χ1v) is 10.3. The Labute approximate surface area is 188 Å². The van der Waals surface area contributed by atoms with E-state index in [2.05, 4.69) is 10.6 Å². The first kappa shape index (κ1) is 24.7. The summed E-state index contributed by atoms with van der Waals surface area (Å²) in [5, 5.41) is 15.0. The fourth-order valence-corrected chi connectivity index (χ4v) is 3.10. The molecule has 2 atom stereocenters. The number of aryl methyl sites for hydroxylation is 1. The highest BCUT2D eigenvalue weighted by molar-refractivity contribution is 5.99. The third-order valence-electron chi connectivity index (χ3n) is 4.70. The Morgan fingerprint density at radius 3 is 2.19 bits per heavy atom. The molecule has 2 unspecified atom stereocenters. The standard InChI is InChI=1S/C24H31N3O5/c1-15-9-7-8-10-19(15)26-21(29)20(17-11-13-18(28)14-12-17)27(6)22(30)16(2)25-23(31)32-24(3,4)5/h7-14,16,20,28H,1-6H3,(H,25,31)(H,26,29). The van der Waals surface area contributed by atoms with Crippen molar-refractivity contribution in [3.63, 3.8) is 0 Å². The summed E-state index contributed by atoms with van der Waals surface area (Å²) in [6, 6.07) is 11.4. The molecule has 8 nitrogen and oxygen atoms in total. The van der Waals surface area contributed by atoms with Gasteiger partial charge in [0.05, 0.1) is 0 Å². The number of aromatic hydroxyl groups is 1. The highest BCUT2D eigenvalue weighted by atomic mass is 16.6. The number of alkyl carbamates (subject to hydrolysis) is 1. The highest BCUT2D eigenvalue weighted by Gasteiger charge is 2.32. The lowest BCUT2D eigenvalue weighted by atomic mass is 10.0. The number of rotatable bonds is 6. The quantitative estimate of drug-likeness (QED) is 0.633. The molecule has 3 N–H and O–H groups in total. The number of carbonyl (C=O) groups excluding carboxylic acids is 3. The van der Waals surface area contributed by atoms with Gasteiger partial charge in [-0.2, -0.15) is 0 Å². The predicted octanol–water partition coefficient (Wildman–Crippen LogP) is 3.75. The van der Waals surface area contributed by atoms with Gasteiger partial charge in [-0.15, -0.1) is 0 Å². The maximum absolute atomic E-state index is 13.2. The minimum atomic E-state index is -0.995. The minimum Gasteiger partial charge on any atom is -0.508 e. The van der Waals surface area contributed by atoms with Gasteiger partial charge in [0, 0.05) is 12.7 Å². The Bertz CT molecular complexity index is 966. The number of nitrogens with zero attached hydrogens (tertiary/aromatic N) is 1. The third kappa shape index (κ3) is 6.73. The summed E-state index contributed by atoms with van der Waals surface area (Å²) in [5.41, 5.74) is 1.30. The van der Waals surface area contributed by atoms with Gasteiger partial charge in [-0.1, -0.05) is 30.3 Å². The number of phenolic OH excluding ortho intramolecular Hbond substituents is 1. The monoisotopic (exact) mass is 441 g/mol. The molecule has 3 amide bonds. The number of hydrogen-bond acceptors (Lipinski definition) is 5. The number of anilines is 1. The number of amides is 3. The maximum atomic E-state index is 13.2. The van der Waals surface area contributed by atoms with Crippen LogP contribution in [0, 0.1) is 6.92 Å². The Morgan fingerprint density at radius 1 is 1.03 bits per heavy atom. The van der Waals surface area contributed by atoms with Crippen LogP contribution in [0.2, 0.25) is 0 Å². The van der Waals surface area contributed by atoms with E-state index >= 15 is 0 Å². The number of phenols is 1. The Hall–Kier alpha value is -3.55. The van der Waals surface area contributed by atoms with Crippen LogP contribution >= 0.6 is 0 Å². The topological polar surface area (TPSA) is 108 Å². The van der Waals surface area contributed by atoms with E-state index in [4.69, 9.17) is 4.74 Å². The van der Waals surface area contributed by atoms with Gasteiger partial charge >= 0.3 is 6.09 Å². The van der Waals surface area contributed by atoms with Crippen LogP contribution in [0.5, 0.6) is 5.75 Å². The van der Waals surface area contributed by atoms with Crippen molar-refractivity contribution in [3.8, 4) is 5.75 Å². The molecule has 0 aliphatic heterocycles. The van der Waals surface area contributed by atoms with Gasteiger partial charge < -0.3 is 25.4 Å².